The lowest BCUT2D eigenvalue weighted by molar-refractivity contribution is 0.109. The number of benzene rings is 2. The van der Waals surface area contributed by atoms with Gasteiger partial charge in [-0.05, 0) is 49.4 Å². The predicted molar refractivity (Wildman–Crippen MR) is 141 cm³/mol. The van der Waals surface area contributed by atoms with Gasteiger partial charge in [0.15, 0.2) is 5.82 Å². The topological polar surface area (TPSA) is 64.7 Å². The maximum atomic E-state index is 15.2. The molecule has 2 aliphatic rings. The molecule has 2 aromatic carbocycles. The van der Waals surface area contributed by atoms with E-state index in [4.69, 9.17) is 14.5 Å². The number of hydrogen-bond donors (Lipinski definition) is 0. The molecule has 7 rings (SSSR count). The van der Waals surface area contributed by atoms with Crippen molar-refractivity contribution < 1.29 is 8.91 Å². The van der Waals surface area contributed by atoms with Crippen LogP contribution in [0, 0.1) is 11.7 Å². The molecule has 37 heavy (non-hydrogen) atoms. The number of pyridine rings is 1. The minimum absolute atomic E-state index is 0.205. The third-order valence-corrected chi connectivity index (χ3v) is 8.67. The normalized spacial score (nSPS) is 21.8. The Hall–Kier alpha value is -3.93. The second-order valence-corrected chi connectivity index (χ2v) is 11.2. The Labute approximate surface area is 214 Å². The zero-order valence-corrected chi connectivity index (χ0v) is 21.1. The van der Waals surface area contributed by atoms with Gasteiger partial charge in [-0.25, -0.2) is 14.4 Å². The fourth-order valence-corrected chi connectivity index (χ4v) is 7.10. The van der Waals surface area contributed by atoms with Gasteiger partial charge in [-0.15, -0.1) is 0 Å². The van der Waals surface area contributed by atoms with Crippen molar-refractivity contribution >= 4 is 10.9 Å². The molecule has 3 aromatic heterocycles. The summed E-state index contributed by atoms with van der Waals surface area (Å²) in [5.74, 6) is 1.60. The highest BCUT2D eigenvalue weighted by Gasteiger charge is 2.55. The van der Waals surface area contributed by atoms with Gasteiger partial charge in [-0.3, -0.25) is 4.98 Å². The summed E-state index contributed by atoms with van der Waals surface area (Å²) in [5.41, 5.74) is 5.67. The van der Waals surface area contributed by atoms with E-state index in [-0.39, 0.29) is 16.6 Å². The van der Waals surface area contributed by atoms with Crippen LogP contribution in [0.25, 0.3) is 33.5 Å². The van der Waals surface area contributed by atoms with Gasteiger partial charge in [0.2, 0.25) is 0 Å². The molecule has 5 aromatic rings. The summed E-state index contributed by atoms with van der Waals surface area (Å²) in [6.07, 6.45) is 6.14. The van der Waals surface area contributed by atoms with Crippen LogP contribution < -0.4 is 0 Å². The van der Waals surface area contributed by atoms with Crippen molar-refractivity contribution in [1.29, 1.82) is 0 Å². The van der Waals surface area contributed by atoms with Crippen LogP contribution in [0.5, 0.6) is 0 Å². The molecule has 0 fully saturated rings. The summed E-state index contributed by atoms with van der Waals surface area (Å²) in [6.45, 7) is 6.81. The maximum absolute atomic E-state index is 15.2. The third kappa shape index (κ3) is 3.14. The second-order valence-electron chi connectivity index (χ2n) is 11.2. The Kier molecular flexibility index (Phi) is 4.69. The number of nitrogens with zero attached hydrogens (tertiary/aromatic N) is 4. The van der Waals surface area contributed by atoms with Crippen LogP contribution in [0.2, 0.25) is 0 Å². The first kappa shape index (κ1) is 22.3. The molecule has 6 heteroatoms. The lowest BCUT2D eigenvalue weighted by atomic mass is 9.51. The van der Waals surface area contributed by atoms with E-state index in [0.29, 0.717) is 23.0 Å². The van der Waals surface area contributed by atoms with Crippen LogP contribution in [0.4, 0.5) is 4.39 Å². The molecule has 0 saturated heterocycles. The van der Waals surface area contributed by atoms with E-state index in [1.54, 1.807) is 12.3 Å². The minimum Gasteiger partial charge on any atom is -0.361 e. The average molecular weight is 491 g/mol. The van der Waals surface area contributed by atoms with Gasteiger partial charge in [-0.1, -0.05) is 56.3 Å². The number of halogens is 1. The maximum Gasteiger partial charge on any atom is 0.160 e. The van der Waals surface area contributed by atoms with E-state index in [1.807, 2.05) is 48.7 Å². The first-order chi connectivity index (χ1) is 17.9. The SMILES string of the molecule is CC1(C)c2oncc2C[C@@]2(C)c3nc(-c4cccc5ncccc45)nc(-c4ccccc4F)c3CC[C@H]12. The summed E-state index contributed by atoms with van der Waals surface area (Å²) in [5, 5.41) is 5.14. The van der Waals surface area contributed by atoms with Crippen molar-refractivity contribution in [2.45, 2.75) is 50.9 Å². The number of fused-ring (bicyclic) bond motifs is 5. The first-order valence-electron chi connectivity index (χ1n) is 12.8. The zero-order valence-electron chi connectivity index (χ0n) is 21.1. The van der Waals surface area contributed by atoms with Crippen LogP contribution in [0.15, 0.2) is 71.5 Å². The lowest BCUT2D eigenvalue weighted by Gasteiger charge is -2.52. The molecule has 0 bridgehead atoms. The van der Waals surface area contributed by atoms with Gasteiger partial charge < -0.3 is 4.52 Å². The summed E-state index contributed by atoms with van der Waals surface area (Å²) in [6, 6.07) is 16.9. The van der Waals surface area contributed by atoms with Crippen LogP contribution in [0.3, 0.4) is 0 Å². The molecular formula is C31H27FN4O. The van der Waals surface area contributed by atoms with E-state index in [1.165, 1.54) is 6.07 Å². The molecule has 0 amide bonds. The molecule has 0 N–H and O–H groups in total. The first-order valence-corrected chi connectivity index (χ1v) is 12.8. The monoisotopic (exact) mass is 490 g/mol. The molecule has 0 aliphatic heterocycles. The van der Waals surface area contributed by atoms with Crippen LogP contribution in [0.1, 0.15) is 49.8 Å². The number of rotatable bonds is 2. The van der Waals surface area contributed by atoms with E-state index in [0.717, 1.165) is 58.3 Å². The Bertz CT molecular complexity index is 1690. The van der Waals surface area contributed by atoms with Crippen molar-refractivity contribution in [3.05, 3.63) is 95.4 Å². The smallest absolute Gasteiger partial charge is 0.160 e. The lowest BCUT2D eigenvalue weighted by Crippen LogP contribution is -2.52. The van der Waals surface area contributed by atoms with E-state index in [9.17, 15) is 0 Å². The van der Waals surface area contributed by atoms with Crippen LogP contribution in [-0.2, 0) is 23.7 Å². The summed E-state index contributed by atoms with van der Waals surface area (Å²) in [4.78, 5) is 14.9. The highest BCUT2D eigenvalue weighted by molar-refractivity contribution is 5.93. The standard InChI is InChI=1S/C31H27FN4O/c1-30(2)25-14-13-22-26(21-8-4-5-11-23(21)32)35-29(20-9-6-12-24-19(20)10-7-15-33-24)36-27(22)31(25,3)16-18-17-34-37-28(18)30/h4-12,15,17,25H,13-14,16H2,1-3H3/t25-,31-/m1/s1. The quantitative estimate of drug-likeness (QED) is 0.271. The molecule has 2 aliphatic carbocycles. The fourth-order valence-electron chi connectivity index (χ4n) is 7.10. The Balaban J connectivity index is 1.54. The fraction of sp³-hybridized carbons (Fsp3) is 0.290. The summed E-state index contributed by atoms with van der Waals surface area (Å²) < 4.78 is 21.0. The highest BCUT2D eigenvalue weighted by atomic mass is 19.1. The largest absolute Gasteiger partial charge is 0.361 e. The van der Waals surface area contributed by atoms with Crippen molar-refractivity contribution in [2.24, 2.45) is 5.92 Å². The molecule has 0 unspecified atom stereocenters. The van der Waals surface area contributed by atoms with Gasteiger partial charge in [0.25, 0.3) is 0 Å². The van der Waals surface area contributed by atoms with Crippen LogP contribution >= 0.6 is 0 Å². The Morgan fingerprint density at radius 1 is 0.946 bits per heavy atom. The Morgan fingerprint density at radius 2 is 1.78 bits per heavy atom. The molecule has 0 spiro atoms. The van der Waals surface area contributed by atoms with Gasteiger partial charge in [0.05, 0.1) is 23.1 Å². The molecular weight excluding hydrogens is 463 g/mol. The summed E-state index contributed by atoms with van der Waals surface area (Å²) >= 11 is 0. The third-order valence-electron chi connectivity index (χ3n) is 8.67. The molecule has 5 nitrogen and oxygen atoms in total. The molecule has 3 heterocycles. The second kappa shape index (κ2) is 7.78. The van der Waals surface area contributed by atoms with E-state index in [2.05, 4.69) is 30.9 Å². The zero-order chi connectivity index (χ0) is 25.4. The summed E-state index contributed by atoms with van der Waals surface area (Å²) in [7, 11) is 0. The molecule has 184 valence electrons. The van der Waals surface area contributed by atoms with E-state index >= 15 is 4.39 Å². The van der Waals surface area contributed by atoms with Crippen LogP contribution in [-0.4, -0.2) is 20.1 Å². The average Bonchev–Trinajstić information content (AvgIpc) is 3.37. The molecule has 0 saturated carbocycles. The van der Waals surface area contributed by atoms with Crippen molar-refractivity contribution in [3.63, 3.8) is 0 Å². The van der Waals surface area contributed by atoms with Gasteiger partial charge in [0, 0.05) is 44.7 Å². The Morgan fingerprint density at radius 3 is 2.65 bits per heavy atom. The van der Waals surface area contributed by atoms with Gasteiger partial charge in [0.1, 0.15) is 11.6 Å². The molecule has 0 radical (unpaired) electrons. The number of aromatic nitrogens is 4. The van der Waals surface area contributed by atoms with Crippen molar-refractivity contribution in [2.75, 3.05) is 0 Å². The minimum atomic E-state index is -0.282. The number of hydrogen-bond acceptors (Lipinski definition) is 5. The van der Waals surface area contributed by atoms with Gasteiger partial charge >= 0.3 is 0 Å². The highest BCUT2D eigenvalue weighted by Crippen LogP contribution is 2.56. The van der Waals surface area contributed by atoms with Crippen molar-refractivity contribution in [3.8, 4) is 22.6 Å². The predicted octanol–water partition coefficient (Wildman–Crippen LogP) is 6.84. The van der Waals surface area contributed by atoms with E-state index < -0.39 is 0 Å². The van der Waals surface area contributed by atoms with Crippen molar-refractivity contribution in [1.82, 2.24) is 20.1 Å². The van der Waals surface area contributed by atoms with Gasteiger partial charge in [-0.2, -0.15) is 0 Å². The molecule has 2 atom stereocenters.